The molecule has 0 fully saturated rings. The van der Waals surface area contributed by atoms with E-state index < -0.39 is 6.61 Å². The van der Waals surface area contributed by atoms with Crippen LogP contribution in [0.5, 0.6) is 5.75 Å². The van der Waals surface area contributed by atoms with Gasteiger partial charge < -0.3 is 10.5 Å². The quantitative estimate of drug-likeness (QED) is 0.740. The topological polar surface area (TPSA) is 48.1 Å². The van der Waals surface area contributed by atoms with Gasteiger partial charge >= 0.3 is 6.61 Å². The van der Waals surface area contributed by atoms with E-state index in [0.29, 0.717) is 5.69 Å². The third-order valence-electron chi connectivity index (χ3n) is 1.27. The maximum atomic E-state index is 11.7. The van der Waals surface area contributed by atoms with Crippen LogP contribution in [0.2, 0.25) is 0 Å². The highest BCUT2D eigenvalue weighted by Crippen LogP contribution is 2.18. The van der Waals surface area contributed by atoms with Gasteiger partial charge in [-0.25, -0.2) is 4.98 Å². The normalized spacial score (nSPS) is 10.3. The van der Waals surface area contributed by atoms with Crippen molar-refractivity contribution in [2.45, 2.75) is 13.5 Å². The van der Waals surface area contributed by atoms with Crippen molar-refractivity contribution in [3.05, 3.63) is 17.8 Å². The van der Waals surface area contributed by atoms with Crippen LogP contribution in [0.15, 0.2) is 12.1 Å². The molecule has 0 unspecified atom stereocenters. The summed E-state index contributed by atoms with van der Waals surface area (Å²) in [5.74, 6) is 0.341. The van der Waals surface area contributed by atoms with Gasteiger partial charge in [0.15, 0.2) is 0 Å². The summed E-state index contributed by atoms with van der Waals surface area (Å²) in [6.45, 7) is -1.28. The first-order chi connectivity index (χ1) is 5.59. The molecule has 1 aromatic heterocycles. The number of rotatable bonds is 2. The molecule has 2 N–H and O–H groups in total. The average molecular weight is 174 g/mol. The second-order valence-corrected chi connectivity index (χ2v) is 2.20. The van der Waals surface area contributed by atoms with Crippen LogP contribution in [0.3, 0.4) is 0 Å². The van der Waals surface area contributed by atoms with Crippen molar-refractivity contribution in [1.29, 1.82) is 0 Å². The van der Waals surface area contributed by atoms with Gasteiger partial charge in [-0.3, -0.25) is 0 Å². The van der Waals surface area contributed by atoms with E-state index in [1.807, 2.05) is 0 Å². The molecule has 0 aliphatic heterocycles. The molecule has 5 heteroatoms. The number of halogens is 2. The van der Waals surface area contributed by atoms with Gasteiger partial charge in [0.2, 0.25) is 0 Å². The molecule has 0 aliphatic rings. The molecular weight excluding hydrogens is 166 g/mol. The summed E-state index contributed by atoms with van der Waals surface area (Å²) in [6.07, 6.45) is 0. The van der Waals surface area contributed by atoms with Crippen molar-refractivity contribution in [1.82, 2.24) is 4.98 Å². The summed E-state index contributed by atoms with van der Waals surface area (Å²) < 4.78 is 27.6. The van der Waals surface area contributed by atoms with Crippen molar-refractivity contribution >= 4 is 5.82 Å². The fraction of sp³-hybridized carbons (Fsp3) is 0.286. The highest BCUT2D eigenvalue weighted by atomic mass is 19.3. The lowest BCUT2D eigenvalue weighted by molar-refractivity contribution is -0.0505. The van der Waals surface area contributed by atoms with E-state index in [1.54, 1.807) is 6.92 Å². The number of alkyl halides is 2. The lowest BCUT2D eigenvalue weighted by Crippen LogP contribution is -2.04. The second kappa shape index (κ2) is 3.34. The first-order valence-electron chi connectivity index (χ1n) is 3.27. The van der Waals surface area contributed by atoms with Gasteiger partial charge in [0, 0.05) is 0 Å². The zero-order chi connectivity index (χ0) is 9.14. The molecule has 1 rings (SSSR count). The van der Waals surface area contributed by atoms with Gasteiger partial charge in [0.1, 0.15) is 11.6 Å². The summed E-state index contributed by atoms with van der Waals surface area (Å²) in [5, 5.41) is 0. The van der Waals surface area contributed by atoms with Crippen LogP contribution in [0.1, 0.15) is 5.69 Å². The Labute approximate surface area is 68.2 Å². The zero-order valence-electron chi connectivity index (χ0n) is 6.42. The molecule has 0 spiro atoms. The van der Waals surface area contributed by atoms with Crippen LogP contribution in [0.4, 0.5) is 14.6 Å². The number of nitrogen functional groups attached to an aromatic ring is 1. The third kappa shape index (κ3) is 2.05. The predicted molar refractivity (Wildman–Crippen MR) is 40.0 cm³/mol. The van der Waals surface area contributed by atoms with E-state index >= 15 is 0 Å². The van der Waals surface area contributed by atoms with E-state index in [2.05, 4.69) is 9.72 Å². The molecule has 0 atom stereocenters. The van der Waals surface area contributed by atoms with Gasteiger partial charge in [-0.1, -0.05) is 0 Å². The van der Waals surface area contributed by atoms with Gasteiger partial charge in [0.25, 0.3) is 0 Å². The number of nitrogens with zero attached hydrogens (tertiary/aromatic N) is 1. The van der Waals surface area contributed by atoms with Gasteiger partial charge in [-0.15, -0.1) is 0 Å². The predicted octanol–water partition coefficient (Wildman–Crippen LogP) is 1.57. The summed E-state index contributed by atoms with van der Waals surface area (Å²) in [4.78, 5) is 3.75. The van der Waals surface area contributed by atoms with E-state index in [9.17, 15) is 8.78 Å². The van der Waals surface area contributed by atoms with Gasteiger partial charge in [-0.05, 0) is 19.1 Å². The minimum absolute atomic E-state index is 0.0548. The molecular formula is C7H8F2N2O. The fourth-order valence-corrected chi connectivity index (χ4v) is 0.788. The van der Waals surface area contributed by atoms with Crippen molar-refractivity contribution in [3.63, 3.8) is 0 Å². The van der Waals surface area contributed by atoms with Crippen molar-refractivity contribution in [3.8, 4) is 5.75 Å². The van der Waals surface area contributed by atoms with Crippen LogP contribution in [-0.4, -0.2) is 11.6 Å². The average Bonchev–Trinajstić information content (AvgIpc) is 1.94. The first-order valence-corrected chi connectivity index (χ1v) is 3.27. The Morgan fingerprint density at radius 2 is 2.17 bits per heavy atom. The van der Waals surface area contributed by atoms with E-state index in [-0.39, 0.29) is 11.6 Å². The Hall–Kier alpha value is -1.39. The Morgan fingerprint density at radius 3 is 2.67 bits per heavy atom. The molecule has 0 radical (unpaired) electrons. The van der Waals surface area contributed by atoms with Crippen LogP contribution in [0.25, 0.3) is 0 Å². The molecule has 0 amide bonds. The summed E-state index contributed by atoms with van der Waals surface area (Å²) in [5.41, 5.74) is 5.66. The molecule has 0 saturated heterocycles. The third-order valence-corrected chi connectivity index (χ3v) is 1.27. The number of anilines is 1. The standard InChI is InChI=1S/C7H8F2N2O/c1-4-5(12-7(8)9)2-3-6(10)11-4/h2-3,7H,1H3,(H2,10,11). The Bertz CT molecular complexity index is 278. The largest absolute Gasteiger partial charge is 0.433 e. The number of ether oxygens (including phenoxy) is 1. The molecule has 1 heterocycles. The number of aromatic nitrogens is 1. The van der Waals surface area contributed by atoms with E-state index in [0.717, 1.165) is 0 Å². The van der Waals surface area contributed by atoms with Crippen molar-refractivity contribution in [2.24, 2.45) is 0 Å². The number of pyridine rings is 1. The second-order valence-electron chi connectivity index (χ2n) is 2.20. The van der Waals surface area contributed by atoms with Gasteiger partial charge in [-0.2, -0.15) is 8.78 Å². The van der Waals surface area contributed by atoms with Crippen LogP contribution in [0, 0.1) is 6.92 Å². The maximum Gasteiger partial charge on any atom is 0.387 e. The molecule has 66 valence electrons. The monoisotopic (exact) mass is 174 g/mol. The number of hydrogen-bond acceptors (Lipinski definition) is 3. The van der Waals surface area contributed by atoms with Crippen molar-refractivity contribution in [2.75, 3.05) is 5.73 Å². The summed E-state index contributed by atoms with van der Waals surface area (Å²) >= 11 is 0. The zero-order valence-corrected chi connectivity index (χ0v) is 6.42. The highest BCUT2D eigenvalue weighted by molar-refractivity contribution is 5.37. The molecule has 12 heavy (non-hydrogen) atoms. The number of aryl methyl sites for hydroxylation is 1. The van der Waals surface area contributed by atoms with E-state index in [1.165, 1.54) is 12.1 Å². The molecule has 0 aliphatic carbocycles. The molecule has 1 aromatic rings. The molecule has 0 saturated carbocycles. The minimum Gasteiger partial charge on any atom is -0.433 e. The highest BCUT2D eigenvalue weighted by Gasteiger charge is 2.07. The lowest BCUT2D eigenvalue weighted by Gasteiger charge is -2.06. The Morgan fingerprint density at radius 1 is 1.50 bits per heavy atom. The fourth-order valence-electron chi connectivity index (χ4n) is 0.788. The molecule has 0 bridgehead atoms. The number of nitrogens with two attached hydrogens (primary N) is 1. The van der Waals surface area contributed by atoms with Crippen LogP contribution >= 0.6 is 0 Å². The number of hydrogen-bond donors (Lipinski definition) is 1. The summed E-state index contributed by atoms with van der Waals surface area (Å²) in [7, 11) is 0. The SMILES string of the molecule is Cc1nc(N)ccc1OC(F)F. The van der Waals surface area contributed by atoms with Crippen molar-refractivity contribution < 1.29 is 13.5 Å². The Kier molecular flexibility index (Phi) is 2.42. The van der Waals surface area contributed by atoms with Gasteiger partial charge in [0.05, 0.1) is 5.69 Å². The molecule has 0 aromatic carbocycles. The minimum atomic E-state index is -2.82. The van der Waals surface area contributed by atoms with E-state index in [4.69, 9.17) is 5.73 Å². The van der Waals surface area contributed by atoms with Crippen LogP contribution in [-0.2, 0) is 0 Å². The molecule has 3 nitrogen and oxygen atoms in total. The Balaban J connectivity index is 2.86. The summed E-state index contributed by atoms with van der Waals surface area (Å²) in [6, 6.07) is 2.77. The van der Waals surface area contributed by atoms with Crippen LogP contribution < -0.4 is 10.5 Å². The maximum absolute atomic E-state index is 11.7. The first kappa shape index (κ1) is 8.70. The smallest absolute Gasteiger partial charge is 0.387 e. The lowest BCUT2D eigenvalue weighted by atomic mass is 10.3.